The minimum Gasteiger partial charge on any atom is -0.354 e. The highest BCUT2D eigenvalue weighted by molar-refractivity contribution is 5.95. The summed E-state index contributed by atoms with van der Waals surface area (Å²) in [5.41, 5.74) is -1.43. The van der Waals surface area contributed by atoms with Crippen molar-refractivity contribution in [3.05, 3.63) is 0 Å². The summed E-state index contributed by atoms with van der Waals surface area (Å²) in [5.74, 6) is -5.85. The molecule has 3 saturated heterocycles. The molecule has 0 aromatic rings. The molecule has 0 aliphatic carbocycles. The van der Waals surface area contributed by atoms with E-state index in [0.717, 1.165) is 4.90 Å². The Balaban J connectivity index is 2.04. The van der Waals surface area contributed by atoms with Crippen molar-refractivity contribution in [1.82, 2.24) is 26.2 Å². The Morgan fingerprint density at radius 2 is 1.74 bits per heavy atom. The zero-order valence-corrected chi connectivity index (χ0v) is 21.6. The SMILES string of the molecule is CC(C)[C@@H]1C[C@H]2C(=O)N[C@H](C#N)C[C@H]3C[C@H](NC3=O)C(=O)NCC(C)(C)[C@H](NC(=O)C(F)(F)F)C(=O)N2C1. The molecule has 0 saturated carbocycles. The quantitative estimate of drug-likeness (QED) is 0.383. The zero-order valence-electron chi connectivity index (χ0n) is 21.6. The van der Waals surface area contributed by atoms with Gasteiger partial charge in [0.25, 0.3) is 0 Å². The molecule has 5 amide bonds. The molecule has 210 valence electrons. The molecule has 6 atom stereocenters. The highest BCUT2D eigenvalue weighted by atomic mass is 19.4. The van der Waals surface area contributed by atoms with Crippen LogP contribution in [0.25, 0.3) is 0 Å². The summed E-state index contributed by atoms with van der Waals surface area (Å²) in [6.07, 6.45) is -5.07. The number of amides is 5. The number of carbonyl (C=O) groups excluding carboxylic acids is 5. The zero-order chi connectivity index (χ0) is 28.6. The van der Waals surface area contributed by atoms with Crippen LogP contribution in [0.2, 0.25) is 0 Å². The predicted molar refractivity (Wildman–Crippen MR) is 125 cm³/mol. The lowest BCUT2D eigenvalue weighted by molar-refractivity contribution is -0.176. The first kappa shape index (κ1) is 29.2. The van der Waals surface area contributed by atoms with Gasteiger partial charge in [-0.2, -0.15) is 18.4 Å². The number of carbonyl (C=O) groups is 5. The lowest BCUT2D eigenvalue weighted by Gasteiger charge is -2.38. The fourth-order valence-electron chi connectivity index (χ4n) is 5.17. The number of rotatable bonds is 2. The van der Waals surface area contributed by atoms with Crippen molar-refractivity contribution < 1.29 is 37.1 Å². The summed E-state index contributed by atoms with van der Waals surface area (Å²) in [6.45, 7) is 6.34. The largest absolute Gasteiger partial charge is 0.471 e. The van der Waals surface area contributed by atoms with Crippen molar-refractivity contribution >= 4 is 29.5 Å². The molecule has 4 N–H and O–H groups in total. The van der Waals surface area contributed by atoms with Crippen LogP contribution in [-0.2, 0) is 24.0 Å². The normalized spacial score (nSPS) is 32.3. The Kier molecular flexibility index (Phi) is 8.28. The summed E-state index contributed by atoms with van der Waals surface area (Å²) >= 11 is 0. The fraction of sp³-hybridized carbons (Fsp3) is 0.750. The molecule has 38 heavy (non-hydrogen) atoms. The second kappa shape index (κ2) is 10.8. The van der Waals surface area contributed by atoms with Gasteiger partial charge in [0.1, 0.15) is 24.2 Å². The lowest BCUT2D eigenvalue weighted by Crippen LogP contribution is -2.62. The van der Waals surface area contributed by atoms with Gasteiger partial charge in [-0.3, -0.25) is 24.0 Å². The van der Waals surface area contributed by atoms with E-state index >= 15 is 0 Å². The maximum absolute atomic E-state index is 13.8. The van der Waals surface area contributed by atoms with Crippen LogP contribution in [0.4, 0.5) is 13.2 Å². The van der Waals surface area contributed by atoms with Crippen LogP contribution < -0.4 is 21.3 Å². The molecule has 3 rings (SSSR count). The van der Waals surface area contributed by atoms with Crippen LogP contribution >= 0.6 is 0 Å². The Bertz CT molecular complexity index is 1040. The van der Waals surface area contributed by atoms with Gasteiger partial charge in [-0.15, -0.1) is 0 Å². The summed E-state index contributed by atoms with van der Waals surface area (Å²) in [6, 6.07) is -2.98. The number of halogens is 3. The summed E-state index contributed by atoms with van der Waals surface area (Å²) in [7, 11) is 0. The first-order valence-corrected chi connectivity index (χ1v) is 12.5. The third kappa shape index (κ3) is 6.19. The van der Waals surface area contributed by atoms with Crippen LogP contribution in [-0.4, -0.2) is 77.9 Å². The summed E-state index contributed by atoms with van der Waals surface area (Å²) in [4.78, 5) is 65.4. The van der Waals surface area contributed by atoms with Crippen molar-refractivity contribution in [3.8, 4) is 6.07 Å². The number of nitrogens with zero attached hydrogens (tertiary/aromatic N) is 2. The van der Waals surface area contributed by atoms with Gasteiger partial charge in [-0.25, -0.2) is 0 Å². The number of hydrogen-bond donors (Lipinski definition) is 4. The van der Waals surface area contributed by atoms with Gasteiger partial charge in [0.15, 0.2) is 0 Å². The molecule has 0 aromatic carbocycles. The average molecular weight is 543 g/mol. The number of fused-ring (bicyclic) bond motifs is 3. The molecule has 3 heterocycles. The molecule has 3 aliphatic heterocycles. The summed E-state index contributed by atoms with van der Waals surface area (Å²) < 4.78 is 39.6. The molecule has 11 nitrogen and oxygen atoms in total. The minimum absolute atomic E-state index is 0.0232. The fourth-order valence-corrected chi connectivity index (χ4v) is 5.17. The molecule has 0 spiro atoms. The van der Waals surface area contributed by atoms with Crippen LogP contribution in [0, 0.1) is 34.5 Å². The van der Waals surface area contributed by atoms with Gasteiger partial charge in [0.05, 0.1) is 6.07 Å². The first-order valence-electron chi connectivity index (χ1n) is 12.5. The monoisotopic (exact) mass is 542 g/mol. The van der Waals surface area contributed by atoms with Crippen molar-refractivity contribution in [2.24, 2.45) is 23.2 Å². The van der Waals surface area contributed by atoms with Crippen molar-refractivity contribution in [2.45, 2.75) is 77.3 Å². The van der Waals surface area contributed by atoms with E-state index in [4.69, 9.17) is 0 Å². The van der Waals surface area contributed by atoms with E-state index < -0.39 is 71.2 Å². The van der Waals surface area contributed by atoms with Crippen molar-refractivity contribution in [2.75, 3.05) is 13.1 Å². The van der Waals surface area contributed by atoms with Crippen LogP contribution in [0.1, 0.15) is 47.0 Å². The van der Waals surface area contributed by atoms with Crippen LogP contribution in [0.15, 0.2) is 0 Å². The number of nitrogens with one attached hydrogen (secondary N) is 4. The molecular weight excluding hydrogens is 509 g/mol. The molecule has 3 fully saturated rings. The smallest absolute Gasteiger partial charge is 0.354 e. The van der Waals surface area contributed by atoms with Gasteiger partial charge in [-0.1, -0.05) is 27.7 Å². The van der Waals surface area contributed by atoms with Gasteiger partial charge in [0, 0.05) is 24.4 Å². The number of hydrogen-bond acceptors (Lipinski definition) is 6. The van der Waals surface area contributed by atoms with E-state index in [9.17, 15) is 42.4 Å². The Morgan fingerprint density at radius 3 is 2.32 bits per heavy atom. The third-order valence-electron chi connectivity index (χ3n) is 7.66. The Labute approximate surface area is 218 Å². The van der Waals surface area contributed by atoms with E-state index in [0.29, 0.717) is 0 Å². The molecule has 14 heteroatoms. The third-order valence-corrected chi connectivity index (χ3v) is 7.66. The number of alkyl halides is 3. The molecule has 0 aromatic heterocycles. The highest BCUT2D eigenvalue weighted by Gasteiger charge is 2.50. The maximum atomic E-state index is 13.8. The van der Waals surface area contributed by atoms with Crippen molar-refractivity contribution in [1.29, 1.82) is 5.26 Å². The van der Waals surface area contributed by atoms with E-state index in [1.54, 1.807) is 5.32 Å². The second-order valence-electron chi connectivity index (χ2n) is 11.3. The van der Waals surface area contributed by atoms with Crippen molar-refractivity contribution in [3.63, 3.8) is 0 Å². The van der Waals surface area contributed by atoms with Crippen LogP contribution in [0.3, 0.4) is 0 Å². The Morgan fingerprint density at radius 1 is 1.08 bits per heavy atom. The maximum Gasteiger partial charge on any atom is 0.471 e. The molecule has 2 bridgehead atoms. The second-order valence-corrected chi connectivity index (χ2v) is 11.3. The molecule has 3 aliphatic rings. The number of nitriles is 1. The standard InChI is InChI=1S/C24H33F3N6O5/c1-11(2)13-7-16-20(36)30-14(8-28)5-12-6-15(31-18(12)34)19(35)29-10-23(3,4)17(21(37)33(16)9-13)32-22(38)24(25,26)27/h11-17H,5-7,9-10H2,1-4H3,(H,29,35)(H,30,36)(H,31,34)(H,32,38)/t12-,13+,14-,15-,16-,17+/m0/s1. The van der Waals surface area contributed by atoms with Crippen LogP contribution in [0.5, 0.6) is 0 Å². The topological polar surface area (TPSA) is 160 Å². The molecule has 0 unspecified atom stereocenters. The van der Waals surface area contributed by atoms with Gasteiger partial charge >= 0.3 is 12.1 Å². The van der Waals surface area contributed by atoms with Gasteiger partial charge < -0.3 is 26.2 Å². The predicted octanol–water partition coefficient (Wildman–Crippen LogP) is -0.0342. The van der Waals surface area contributed by atoms with Gasteiger partial charge in [-0.05, 0) is 31.1 Å². The van der Waals surface area contributed by atoms with Gasteiger partial charge in [0.2, 0.25) is 23.6 Å². The summed E-state index contributed by atoms with van der Waals surface area (Å²) in [5, 5.41) is 19.1. The highest BCUT2D eigenvalue weighted by Crippen LogP contribution is 2.33. The molecule has 0 radical (unpaired) electrons. The average Bonchev–Trinajstić information content (AvgIpc) is 3.43. The van der Waals surface area contributed by atoms with E-state index in [1.165, 1.54) is 13.8 Å². The lowest BCUT2D eigenvalue weighted by atomic mass is 9.82. The van der Waals surface area contributed by atoms with E-state index in [1.807, 2.05) is 19.9 Å². The Hall–Kier alpha value is -3.37. The first-order chi connectivity index (χ1) is 17.5. The van der Waals surface area contributed by atoms with E-state index in [2.05, 4.69) is 16.0 Å². The van der Waals surface area contributed by atoms with E-state index in [-0.39, 0.29) is 44.2 Å². The minimum atomic E-state index is -5.28. The molecular formula is C24H33F3N6O5.